The number of benzene rings is 1. The zero-order valence-electron chi connectivity index (χ0n) is 21.8. The largest absolute Gasteiger partial charge is 0.467 e. The number of carbonyl (C=O) groups excluding carboxylic acids is 3. The van der Waals surface area contributed by atoms with Crippen molar-refractivity contribution in [2.45, 2.75) is 68.7 Å². The zero-order chi connectivity index (χ0) is 27.6. The first-order valence-electron chi connectivity index (χ1n) is 13.3. The molecule has 39 heavy (non-hydrogen) atoms. The third-order valence-electron chi connectivity index (χ3n) is 7.65. The molecule has 2 amide bonds. The van der Waals surface area contributed by atoms with Crippen LogP contribution in [0.2, 0.25) is 0 Å². The Balaban J connectivity index is 1.42. The number of ether oxygens (including phenoxy) is 2. The summed E-state index contributed by atoms with van der Waals surface area (Å²) in [5.74, 6) is -1.32. The van der Waals surface area contributed by atoms with E-state index in [1.54, 1.807) is 0 Å². The van der Waals surface area contributed by atoms with Gasteiger partial charge in [-0.15, -0.1) is 0 Å². The molecule has 0 bridgehead atoms. The van der Waals surface area contributed by atoms with E-state index in [4.69, 9.17) is 27.4 Å². The van der Waals surface area contributed by atoms with Gasteiger partial charge in [-0.2, -0.15) is 0 Å². The van der Waals surface area contributed by atoms with Crippen LogP contribution < -0.4 is 21.1 Å². The Morgan fingerprint density at radius 2 is 2.10 bits per heavy atom. The fourth-order valence-corrected chi connectivity index (χ4v) is 6.55. The minimum absolute atomic E-state index is 0.0298. The van der Waals surface area contributed by atoms with Gasteiger partial charge in [0, 0.05) is 12.3 Å². The van der Waals surface area contributed by atoms with Crippen LogP contribution in [-0.2, 0) is 19.1 Å². The number of hydrogen-bond acceptors (Lipinski definition) is 8. The van der Waals surface area contributed by atoms with Crippen LogP contribution in [0.5, 0.6) is 5.19 Å². The maximum absolute atomic E-state index is 13.8. The average Bonchev–Trinajstić information content (AvgIpc) is 3.22. The minimum atomic E-state index is -1.13. The van der Waals surface area contributed by atoms with Crippen LogP contribution in [0.25, 0.3) is 10.2 Å². The summed E-state index contributed by atoms with van der Waals surface area (Å²) in [5, 5.41) is 6.38. The summed E-state index contributed by atoms with van der Waals surface area (Å²) in [6, 6.07) is 6.22. The second-order valence-corrected chi connectivity index (χ2v) is 11.8. The van der Waals surface area contributed by atoms with Gasteiger partial charge >= 0.3 is 5.97 Å². The highest BCUT2D eigenvalue weighted by atomic mass is 32.1. The lowest BCUT2D eigenvalue weighted by Gasteiger charge is -2.29. The number of fused-ring (bicyclic) bond motifs is 3. The van der Waals surface area contributed by atoms with Gasteiger partial charge in [0.05, 0.1) is 23.9 Å². The maximum atomic E-state index is 13.8. The average molecular weight is 572 g/mol. The number of para-hydroxylation sites is 1. The van der Waals surface area contributed by atoms with E-state index < -0.39 is 35.6 Å². The summed E-state index contributed by atoms with van der Waals surface area (Å²) in [7, 11) is 1.32. The third-order valence-corrected chi connectivity index (χ3v) is 8.69. The van der Waals surface area contributed by atoms with E-state index in [0.29, 0.717) is 18.0 Å². The number of thiocarbonyl (C=S) groups is 1. The summed E-state index contributed by atoms with van der Waals surface area (Å²) in [6.07, 6.45) is 8.34. The normalized spacial score (nSPS) is 30.2. The van der Waals surface area contributed by atoms with Crippen molar-refractivity contribution in [1.29, 1.82) is 0 Å². The van der Waals surface area contributed by atoms with Gasteiger partial charge in [-0.25, -0.2) is 9.78 Å². The molecule has 1 aromatic carbocycles. The van der Waals surface area contributed by atoms with E-state index in [0.717, 1.165) is 35.9 Å². The van der Waals surface area contributed by atoms with Crippen LogP contribution in [0.4, 0.5) is 0 Å². The van der Waals surface area contributed by atoms with Gasteiger partial charge in [-0.3, -0.25) is 9.59 Å². The number of amides is 2. The molecule has 5 rings (SSSR count). The summed E-state index contributed by atoms with van der Waals surface area (Å²) >= 11 is 6.48. The molecule has 2 fully saturated rings. The highest BCUT2D eigenvalue weighted by Gasteiger charge is 2.62. The van der Waals surface area contributed by atoms with Gasteiger partial charge in [0.2, 0.25) is 11.8 Å². The monoisotopic (exact) mass is 571 g/mol. The molecule has 3 aliphatic rings. The molecule has 12 heteroatoms. The molecular formula is C27H33N5O5S2. The van der Waals surface area contributed by atoms with Crippen LogP contribution >= 0.6 is 23.6 Å². The number of aromatic nitrogens is 1. The Bertz CT molecular complexity index is 1270. The van der Waals surface area contributed by atoms with Crippen molar-refractivity contribution in [2.75, 3.05) is 13.7 Å². The van der Waals surface area contributed by atoms with Crippen molar-refractivity contribution >= 4 is 56.7 Å². The van der Waals surface area contributed by atoms with E-state index in [1.807, 2.05) is 30.3 Å². The molecule has 1 saturated heterocycles. The molecule has 0 radical (unpaired) electrons. The summed E-state index contributed by atoms with van der Waals surface area (Å²) in [6.45, 7) is 0.191. The number of carbonyl (C=O) groups is 3. The van der Waals surface area contributed by atoms with Crippen molar-refractivity contribution < 1.29 is 23.9 Å². The number of nitrogens with two attached hydrogens (primary N) is 1. The summed E-state index contributed by atoms with van der Waals surface area (Å²) in [4.78, 5) is 46.4. The van der Waals surface area contributed by atoms with Gasteiger partial charge < -0.3 is 30.7 Å². The minimum Gasteiger partial charge on any atom is -0.467 e. The highest BCUT2D eigenvalue weighted by Crippen LogP contribution is 2.46. The fraction of sp³-hybridized carbons (Fsp3) is 0.519. The molecule has 10 nitrogen and oxygen atoms in total. The number of hydrogen-bond donors (Lipinski definition) is 3. The van der Waals surface area contributed by atoms with Gasteiger partial charge in [0.25, 0.3) is 5.19 Å². The molecule has 5 atom stereocenters. The first kappa shape index (κ1) is 27.3. The molecule has 0 spiro atoms. The maximum Gasteiger partial charge on any atom is 0.332 e. The van der Waals surface area contributed by atoms with E-state index >= 15 is 0 Å². The summed E-state index contributed by atoms with van der Waals surface area (Å²) in [5.41, 5.74) is 5.47. The van der Waals surface area contributed by atoms with Gasteiger partial charge in [0.15, 0.2) is 5.11 Å². The molecule has 3 heterocycles. The third kappa shape index (κ3) is 5.86. The van der Waals surface area contributed by atoms with Gasteiger partial charge in [-0.05, 0) is 50.0 Å². The van der Waals surface area contributed by atoms with Crippen molar-refractivity contribution in [1.82, 2.24) is 20.5 Å². The molecule has 1 saturated carbocycles. The summed E-state index contributed by atoms with van der Waals surface area (Å²) < 4.78 is 12.3. The molecule has 208 valence electrons. The fourth-order valence-electron chi connectivity index (χ4n) is 5.53. The quantitative estimate of drug-likeness (QED) is 0.287. The van der Waals surface area contributed by atoms with E-state index in [2.05, 4.69) is 21.7 Å². The second kappa shape index (κ2) is 11.5. The van der Waals surface area contributed by atoms with Crippen molar-refractivity contribution in [2.24, 2.45) is 11.7 Å². The molecule has 1 aliphatic carbocycles. The standard InChI is InChI=1S/C27H33N5O5S2/c1-36-24(35)27-14-16(27)9-5-3-2-4-6-11-19(29-25(28)38)23(34)32-15-17(13-20(32)22(33)31-27)37-26-30-18-10-7-8-12-21(18)39-26/h5,7-10,12,16-17,19-20H,2-4,6,11,13-15H2,1H3,(H,31,33)(H3,28,29,38)/b9-5-/t16-,17-,19+,20+,27-/m1/s1. The smallest absolute Gasteiger partial charge is 0.332 e. The van der Waals surface area contributed by atoms with E-state index in [-0.39, 0.29) is 29.9 Å². The Labute approximate surface area is 236 Å². The number of allylic oxidation sites excluding steroid dienone is 1. The first-order chi connectivity index (χ1) is 18.8. The highest BCUT2D eigenvalue weighted by molar-refractivity contribution is 7.80. The van der Waals surface area contributed by atoms with E-state index in [1.165, 1.54) is 23.3 Å². The first-order valence-corrected chi connectivity index (χ1v) is 14.5. The van der Waals surface area contributed by atoms with Crippen LogP contribution in [0.1, 0.15) is 44.9 Å². The van der Waals surface area contributed by atoms with Crippen molar-refractivity contribution in [3.05, 3.63) is 36.4 Å². The SMILES string of the molecule is COC(=O)[C@@]12C[C@H]1/C=C\CCCCC[C@H](NC(N)=S)C(=O)N1C[C@H](Oc3nc4ccccc4s3)C[C@H]1C(=O)N2. The molecule has 2 aromatic rings. The Hall–Kier alpha value is -3.25. The predicted octanol–water partition coefficient (Wildman–Crippen LogP) is 2.41. The molecule has 2 aliphatic heterocycles. The lowest BCUT2D eigenvalue weighted by Crippen LogP contribution is -2.56. The number of nitrogens with one attached hydrogen (secondary N) is 2. The molecule has 4 N–H and O–H groups in total. The number of esters is 1. The predicted molar refractivity (Wildman–Crippen MR) is 151 cm³/mol. The van der Waals surface area contributed by atoms with Crippen LogP contribution in [0, 0.1) is 5.92 Å². The number of thiazole rings is 1. The molecular weight excluding hydrogens is 538 g/mol. The molecule has 0 unspecified atom stereocenters. The topological polar surface area (TPSA) is 136 Å². The zero-order valence-corrected chi connectivity index (χ0v) is 23.4. The van der Waals surface area contributed by atoms with Crippen LogP contribution in [-0.4, -0.2) is 70.2 Å². The lowest BCUT2D eigenvalue weighted by atomic mass is 10.1. The van der Waals surface area contributed by atoms with E-state index in [9.17, 15) is 14.4 Å². The Morgan fingerprint density at radius 1 is 1.28 bits per heavy atom. The molecule has 1 aromatic heterocycles. The number of rotatable bonds is 4. The Kier molecular flexibility index (Phi) is 8.03. The van der Waals surface area contributed by atoms with Gasteiger partial charge in [0.1, 0.15) is 23.7 Å². The number of nitrogens with zero attached hydrogens (tertiary/aromatic N) is 2. The lowest BCUT2D eigenvalue weighted by molar-refractivity contribution is -0.148. The van der Waals surface area contributed by atoms with Crippen LogP contribution in [0.15, 0.2) is 36.4 Å². The second-order valence-electron chi connectivity index (χ2n) is 10.3. The van der Waals surface area contributed by atoms with Crippen molar-refractivity contribution in [3.8, 4) is 5.19 Å². The number of methoxy groups -OCH3 is 1. The van der Waals surface area contributed by atoms with Crippen LogP contribution in [0.3, 0.4) is 0 Å². The Morgan fingerprint density at radius 3 is 2.87 bits per heavy atom. The van der Waals surface area contributed by atoms with Gasteiger partial charge in [-0.1, -0.05) is 48.5 Å². The van der Waals surface area contributed by atoms with Crippen molar-refractivity contribution in [3.63, 3.8) is 0 Å².